The van der Waals surface area contributed by atoms with Crippen LogP contribution in [0, 0.1) is 11.3 Å². The molecule has 0 radical (unpaired) electrons. The van der Waals surface area contributed by atoms with Gasteiger partial charge in [-0.05, 0) is 23.3 Å². The van der Waals surface area contributed by atoms with E-state index in [2.05, 4.69) is 11.2 Å². The molecule has 22 heavy (non-hydrogen) atoms. The number of carbonyl (C=O) groups excluding carboxylic acids is 1. The fourth-order valence-electron chi connectivity index (χ4n) is 2.65. The number of amides is 1. The Hall–Kier alpha value is -2.93. The van der Waals surface area contributed by atoms with Crippen LogP contribution in [-0.2, 0) is 4.79 Å². The summed E-state index contributed by atoms with van der Waals surface area (Å²) >= 11 is 0. The number of rotatable bonds is 2. The van der Waals surface area contributed by atoms with Crippen LogP contribution < -0.4 is 0 Å². The van der Waals surface area contributed by atoms with E-state index in [1.54, 1.807) is 17.1 Å². The predicted octanol–water partition coefficient (Wildman–Crippen LogP) is 3.26. The fraction of sp³-hybridized carbons (Fsp3) is 0.167. The van der Waals surface area contributed by atoms with Crippen LogP contribution in [0.2, 0.25) is 0 Å². The average molecular weight is 289 g/mol. The Kier molecular flexibility index (Phi) is 3.71. The Morgan fingerprint density at radius 3 is 2.45 bits per heavy atom. The lowest BCUT2D eigenvalue weighted by atomic mass is 9.98. The monoisotopic (exact) mass is 289 g/mol. The number of nitrogens with zero attached hydrogens (tertiary/aromatic N) is 3. The lowest BCUT2D eigenvalue weighted by Gasteiger charge is -2.20. The Morgan fingerprint density at radius 1 is 1.18 bits per heavy atom. The summed E-state index contributed by atoms with van der Waals surface area (Å²) in [5.41, 5.74) is 3.51. The van der Waals surface area contributed by atoms with E-state index in [4.69, 9.17) is 5.26 Å². The van der Waals surface area contributed by atoms with Crippen LogP contribution in [0.1, 0.15) is 36.1 Å². The number of benzene rings is 2. The first-order chi connectivity index (χ1) is 10.7. The van der Waals surface area contributed by atoms with Gasteiger partial charge in [0.2, 0.25) is 5.91 Å². The zero-order valence-corrected chi connectivity index (χ0v) is 12.2. The minimum Gasteiger partial charge on any atom is -0.273 e. The highest BCUT2D eigenvalue weighted by atomic mass is 16.2. The molecule has 4 heteroatoms. The van der Waals surface area contributed by atoms with E-state index in [-0.39, 0.29) is 11.9 Å². The average Bonchev–Trinajstić information content (AvgIpc) is 3.01. The van der Waals surface area contributed by atoms with Crippen LogP contribution >= 0.6 is 0 Å². The molecule has 0 N–H and O–H groups in total. The van der Waals surface area contributed by atoms with Crippen molar-refractivity contribution in [3.63, 3.8) is 0 Å². The summed E-state index contributed by atoms with van der Waals surface area (Å²) in [6.45, 7) is 1.53. The molecule has 0 aliphatic carbocycles. The highest BCUT2D eigenvalue weighted by Crippen LogP contribution is 2.32. The summed E-state index contributed by atoms with van der Waals surface area (Å²) in [4.78, 5) is 11.9. The highest BCUT2D eigenvalue weighted by molar-refractivity contribution is 6.03. The van der Waals surface area contributed by atoms with Gasteiger partial charge in [-0.1, -0.05) is 42.5 Å². The Bertz CT molecular complexity index is 757. The molecule has 1 atom stereocenters. The second-order valence-corrected chi connectivity index (χ2v) is 5.23. The Labute approximate surface area is 129 Å². The zero-order chi connectivity index (χ0) is 15.5. The van der Waals surface area contributed by atoms with Gasteiger partial charge in [0.05, 0.1) is 23.4 Å². The molecule has 1 heterocycles. The van der Waals surface area contributed by atoms with Crippen molar-refractivity contribution in [1.29, 1.82) is 5.26 Å². The summed E-state index contributed by atoms with van der Waals surface area (Å²) in [7, 11) is 0. The van der Waals surface area contributed by atoms with Crippen molar-refractivity contribution < 1.29 is 4.79 Å². The molecule has 2 aromatic rings. The molecule has 0 bridgehead atoms. The van der Waals surface area contributed by atoms with Gasteiger partial charge in [0.15, 0.2) is 0 Å². The molecular formula is C18H15N3O. The van der Waals surface area contributed by atoms with Crippen LogP contribution in [0.3, 0.4) is 0 Å². The molecule has 4 nitrogen and oxygen atoms in total. The molecule has 1 amide bonds. The van der Waals surface area contributed by atoms with Gasteiger partial charge < -0.3 is 0 Å². The van der Waals surface area contributed by atoms with Gasteiger partial charge >= 0.3 is 0 Å². The molecule has 108 valence electrons. The van der Waals surface area contributed by atoms with Crippen molar-refractivity contribution in [2.24, 2.45) is 5.10 Å². The van der Waals surface area contributed by atoms with Crippen molar-refractivity contribution >= 4 is 11.6 Å². The zero-order valence-electron chi connectivity index (χ0n) is 12.2. The van der Waals surface area contributed by atoms with Crippen molar-refractivity contribution in [3.8, 4) is 6.07 Å². The molecule has 0 saturated carbocycles. The summed E-state index contributed by atoms with van der Waals surface area (Å²) in [5.74, 6) is -0.0718. The maximum Gasteiger partial charge on any atom is 0.240 e. The van der Waals surface area contributed by atoms with Crippen LogP contribution in [-0.4, -0.2) is 16.6 Å². The molecule has 1 aliphatic rings. The lowest BCUT2D eigenvalue weighted by Crippen LogP contribution is -2.24. The van der Waals surface area contributed by atoms with Crippen LogP contribution in [0.25, 0.3) is 0 Å². The van der Waals surface area contributed by atoms with E-state index in [1.165, 1.54) is 6.92 Å². The normalized spacial score (nSPS) is 17.0. The van der Waals surface area contributed by atoms with Gasteiger partial charge in [0.1, 0.15) is 0 Å². The molecule has 2 aromatic carbocycles. The van der Waals surface area contributed by atoms with Crippen molar-refractivity contribution in [1.82, 2.24) is 5.01 Å². The minimum atomic E-state index is -0.0718. The number of nitriles is 1. The van der Waals surface area contributed by atoms with Crippen LogP contribution in [0.4, 0.5) is 0 Å². The van der Waals surface area contributed by atoms with E-state index in [0.29, 0.717) is 12.0 Å². The van der Waals surface area contributed by atoms with Crippen molar-refractivity contribution in [2.45, 2.75) is 19.4 Å². The van der Waals surface area contributed by atoms with Crippen molar-refractivity contribution in [2.75, 3.05) is 0 Å². The second kappa shape index (κ2) is 5.82. The molecule has 1 unspecified atom stereocenters. The van der Waals surface area contributed by atoms with Gasteiger partial charge in [0.25, 0.3) is 0 Å². The topological polar surface area (TPSA) is 56.5 Å². The first-order valence-corrected chi connectivity index (χ1v) is 7.12. The molecule has 0 spiro atoms. The maximum atomic E-state index is 11.9. The van der Waals surface area contributed by atoms with Gasteiger partial charge in [-0.25, -0.2) is 5.01 Å². The summed E-state index contributed by atoms with van der Waals surface area (Å²) < 4.78 is 0. The number of hydrogen-bond acceptors (Lipinski definition) is 3. The molecule has 0 saturated heterocycles. The quantitative estimate of drug-likeness (QED) is 0.852. The smallest absolute Gasteiger partial charge is 0.240 e. The Morgan fingerprint density at radius 2 is 1.86 bits per heavy atom. The van der Waals surface area contributed by atoms with E-state index < -0.39 is 0 Å². The first kappa shape index (κ1) is 14.0. The predicted molar refractivity (Wildman–Crippen MR) is 84.0 cm³/mol. The molecule has 1 aliphatic heterocycles. The standard InChI is InChI=1S/C18H15N3O/c1-13(22)21-18(16-5-3-2-4-6-16)11-17(20-21)15-9-7-14(12-19)8-10-15/h2-10,18H,11H2,1H3. The van der Waals surface area contributed by atoms with Gasteiger partial charge in [-0.15, -0.1) is 0 Å². The third kappa shape index (κ3) is 2.61. The van der Waals surface area contributed by atoms with Gasteiger partial charge in [0, 0.05) is 13.3 Å². The van der Waals surface area contributed by atoms with Gasteiger partial charge in [-0.2, -0.15) is 10.4 Å². The number of hydrogen-bond donors (Lipinski definition) is 0. The minimum absolute atomic E-state index is 0.0654. The van der Waals surface area contributed by atoms with Crippen molar-refractivity contribution in [3.05, 3.63) is 71.3 Å². The first-order valence-electron chi connectivity index (χ1n) is 7.12. The third-order valence-corrected chi connectivity index (χ3v) is 3.76. The molecule has 3 rings (SSSR count). The lowest BCUT2D eigenvalue weighted by molar-refractivity contribution is -0.130. The van der Waals surface area contributed by atoms with Crippen LogP contribution in [0.5, 0.6) is 0 Å². The maximum absolute atomic E-state index is 11.9. The molecular weight excluding hydrogens is 274 g/mol. The summed E-state index contributed by atoms with van der Waals surface area (Å²) in [6.07, 6.45) is 0.676. The van der Waals surface area contributed by atoms with E-state index in [9.17, 15) is 4.79 Å². The number of hydrazone groups is 1. The summed E-state index contributed by atoms with van der Waals surface area (Å²) in [6, 6.07) is 19.2. The Balaban J connectivity index is 1.92. The van der Waals surface area contributed by atoms with E-state index in [0.717, 1.165) is 16.8 Å². The third-order valence-electron chi connectivity index (χ3n) is 3.76. The highest BCUT2D eigenvalue weighted by Gasteiger charge is 2.31. The van der Waals surface area contributed by atoms with E-state index >= 15 is 0 Å². The SMILES string of the molecule is CC(=O)N1N=C(c2ccc(C#N)cc2)CC1c1ccccc1. The molecule has 0 aromatic heterocycles. The van der Waals surface area contributed by atoms with Gasteiger partial charge in [-0.3, -0.25) is 4.79 Å². The van der Waals surface area contributed by atoms with Crippen LogP contribution in [0.15, 0.2) is 59.7 Å². The fourth-order valence-corrected chi connectivity index (χ4v) is 2.65. The summed E-state index contributed by atoms with van der Waals surface area (Å²) in [5, 5.41) is 14.9. The molecule has 0 fully saturated rings. The number of carbonyl (C=O) groups is 1. The second-order valence-electron chi connectivity index (χ2n) is 5.23. The van der Waals surface area contributed by atoms with E-state index in [1.807, 2.05) is 42.5 Å². The largest absolute Gasteiger partial charge is 0.273 e.